The predicted octanol–water partition coefficient (Wildman–Crippen LogP) is 2.41. The molecule has 0 aromatic carbocycles. The molecule has 17 heavy (non-hydrogen) atoms. The van der Waals surface area contributed by atoms with Crippen LogP contribution >= 0.6 is 0 Å². The van der Waals surface area contributed by atoms with Gasteiger partial charge in [-0.2, -0.15) is 0 Å². The van der Waals surface area contributed by atoms with E-state index in [9.17, 15) is 0 Å². The summed E-state index contributed by atoms with van der Waals surface area (Å²) in [4.78, 5) is 2.57. The van der Waals surface area contributed by atoms with Crippen LogP contribution in [0.2, 0.25) is 0 Å². The van der Waals surface area contributed by atoms with Crippen LogP contribution in [0.5, 0.6) is 0 Å². The average molecular weight is 241 g/mol. The van der Waals surface area contributed by atoms with E-state index in [2.05, 4.69) is 30.8 Å². The highest BCUT2D eigenvalue weighted by Crippen LogP contribution is 2.31. The van der Waals surface area contributed by atoms with Crippen molar-refractivity contribution in [1.82, 2.24) is 4.90 Å². The maximum absolute atomic E-state index is 8.68. The molecule has 0 bridgehead atoms. The molecule has 0 aromatic heterocycles. The first-order chi connectivity index (χ1) is 8.08. The smallest absolute Gasteiger partial charge is 0.140 e. The Balaban J connectivity index is 2.53. The van der Waals surface area contributed by atoms with E-state index in [1.54, 1.807) is 0 Å². The van der Waals surface area contributed by atoms with Gasteiger partial charge in [0.25, 0.3) is 0 Å². The first kappa shape index (κ1) is 14.3. The van der Waals surface area contributed by atoms with Crippen molar-refractivity contribution >= 4 is 5.84 Å². The van der Waals surface area contributed by atoms with Crippen LogP contribution < -0.4 is 5.73 Å². The molecular weight excluding hydrogens is 214 g/mol. The van der Waals surface area contributed by atoms with E-state index in [1.165, 1.54) is 19.3 Å². The minimum Gasteiger partial charge on any atom is -0.409 e. The van der Waals surface area contributed by atoms with Gasteiger partial charge in [-0.1, -0.05) is 25.9 Å². The summed E-state index contributed by atoms with van der Waals surface area (Å²) < 4.78 is 0. The second kappa shape index (κ2) is 6.84. The zero-order chi connectivity index (χ0) is 12.8. The van der Waals surface area contributed by atoms with Crippen molar-refractivity contribution < 1.29 is 5.21 Å². The fourth-order valence-corrected chi connectivity index (χ4v) is 2.26. The molecule has 0 spiro atoms. The van der Waals surface area contributed by atoms with Crippen molar-refractivity contribution in [1.29, 1.82) is 0 Å². The van der Waals surface area contributed by atoms with E-state index in [-0.39, 0.29) is 0 Å². The SMILES string of the molecule is CCC(CC(N)=NO)N(CCC(C)C)C1CC1. The minimum absolute atomic E-state index is 0.354. The van der Waals surface area contributed by atoms with Crippen LogP contribution in [0.25, 0.3) is 0 Å². The van der Waals surface area contributed by atoms with E-state index < -0.39 is 0 Å². The van der Waals surface area contributed by atoms with Crippen molar-refractivity contribution in [2.45, 2.75) is 65.0 Å². The quantitative estimate of drug-likeness (QED) is 0.297. The highest BCUT2D eigenvalue weighted by Gasteiger charge is 2.33. The van der Waals surface area contributed by atoms with Gasteiger partial charge < -0.3 is 10.9 Å². The van der Waals surface area contributed by atoms with E-state index >= 15 is 0 Å². The Labute approximate surface area is 105 Å². The van der Waals surface area contributed by atoms with Gasteiger partial charge in [0.1, 0.15) is 5.84 Å². The summed E-state index contributed by atoms with van der Waals surface area (Å²) in [7, 11) is 0. The van der Waals surface area contributed by atoms with Gasteiger partial charge in [0.05, 0.1) is 0 Å². The molecule has 1 aliphatic rings. The number of amidine groups is 1. The summed E-state index contributed by atoms with van der Waals surface area (Å²) >= 11 is 0. The third kappa shape index (κ3) is 4.94. The standard InChI is InChI=1S/C13H27N3O/c1-4-11(9-13(14)15-17)16(12-5-6-12)8-7-10(2)3/h10-12,17H,4-9H2,1-3H3,(H2,14,15). The molecule has 0 amide bonds. The normalized spacial score (nSPS) is 19.0. The molecule has 1 saturated carbocycles. The van der Waals surface area contributed by atoms with Crippen LogP contribution in [0.15, 0.2) is 5.16 Å². The molecule has 0 heterocycles. The van der Waals surface area contributed by atoms with Crippen molar-refractivity contribution in [2.24, 2.45) is 16.8 Å². The van der Waals surface area contributed by atoms with Crippen molar-refractivity contribution in [3.8, 4) is 0 Å². The molecule has 1 aliphatic carbocycles. The molecule has 1 rings (SSSR count). The Hall–Kier alpha value is -0.770. The third-order valence-corrected chi connectivity index (χ3v) is 3.49. The lowest BCUT2D eigenvalue weighted by Gasteiger charge is -2.31. The molecule has 0 aromatic rings. The summed E-state index contributed by atoms with van der Waals surface area (Å²) in [5, 5.41) is 11.8. The molecule has 0 radical (unpaired) electrons. The van der Waals surface area contributed by atoms with Gasteiger partial charge >= 0.3 is 0 Å². The third-order valence-electron chi connectivity index (χ3n) is 3.49. The molecule has 100 valence electrons. The number of rotatable bonds is 8. The Morgan fingerprint density at radius 1 is 1.47 bits per heavy atom. The first-order valence-electron chi connectivity index (χ1n) is 6.80. The summed E-state index contributed by atoms with van der Waals surface area (Å²) in [6.45, 7) is 7.84. The second-order valence-electron chi connectivity index (χ2n) is 5.51. The summed E-state index contributed by atoms with van der Waals surface area (Å²) in [6, 6.07) is 1.17. The Bertz CT molecular complexity index is 249. The number of hydrogen-bond acceptors (Lipinski definition) is 3. The molecule has 4 nitrogen and oxygen atoms in total. The van der Waals surface area contributed by atoms with Crippen LogP contribution in [0.4, 0.5) is 0 Å². The molecule has 1 fully saturated rings. The molecule has 1 atom stereocenters. The van der Waals surface area contributed by atoms with Gasteiger partial charge in [-0.3, -0.25) is 4.90 Å². The molecule has 1 unspecified atom stereocenters. The van der Waals surface area contributed by atoms with Gasteiger partial charge in [0.2, 0.25) is 0 Å². The van der Waals surface area contributed by atoms with Crippen LogP contribution in [0, 0.1) is 5.92 Å². The fraction of sp³-hybridized carbons (Fsp3) is 0.923. The van der Waals surface area contributed by atoms with Crippen molar-refractivity contribution in [3.63, 3.8) is 0 Å². The van der Waals surface area contributed by atoms with Gasteiger partial charge in [-0.05, 0) is 38.1 Å². The van der Waals surface area contributed by atoms with E-state index in [0.717, 1.165) is 24.9 Å². The van der Waals surface area contributed by atoms with Crippen LogP contribution in [-0.2, 0) is 0 Å². The lowest BCUT2D eigenvalue weighted by Crippen LogP contribution is -2.40. The largest absolute Gasteiger partial charge is 0.409 e. The summed E-state index contributed by atoms with van der Waals surface area (Å²) in [5.41, 5.74) is 5.64. The maximum atomic E-state index is 8.68. The van der Waals surface area contributed by atoms with Crippen LogP contribution in [0.3, 0.4) is 0 Å². The van der Waals surface area contributed by atoms with Crippen LogP contribution in [0.1, 0.15) is 52.9 Å². The Morgan fingerprint density at radius 2 is 2.12 bits per heavy atom. The predicted molar refractivity (Wildman–Crippen MR) is 71.3 cm³/mol. The highest BCUT2D eigenvalue weighted by atomic mass is 16.4. The Morgan fingerprint density at radius 3 is 2.53 bits per heavy atom. The number of oxime groups is 1. The van der Waals surface area contributed by atoms with E-state index in [0.29, 0.717) is 18.3 Å². The highest BCUT2D eigenvalue weighted by molar-refractivity contribution is 5.80. The number of nitrogens with zero attached hydrogens (tertiary/aromatic N) is 2. The molecule has 0 saturated heterocycles. The lowest BCUT2D eigenvalue weighted by atomic mass is 10.1. The van der Waals surface area contributed by atoms with E-state index in [1.807, 2.05) is 0 Å². The molecule has 0 aliphatic heterocycles. The first-order valence-corrected chi connectivity index (χ1v) is 6.80. The monoisotopic (exact) mass is 241 g/mol. The zero-order valence-electron chi connectivity index (χ0n) is 11.4. The lowest BCUT2D eigenvalue weighted by molar-refractivity contribution is 0.173. The average Bonchev–Trinajstić information content (AvgIpc) is 3.11. The molecule has 3 N–H and O–H groups in total. The topological polar surface area (TPSA) is 61.9 Å². The van der Waals surface area contributed by atoms with Gasteiger partial charge in [-0.25, -0.2) is 0 Å². The van der Waals surface area contributed by atoms with E-state index in [4.69, 9.17) is 10.9 Å². The second-order valence-corrected chi connectivity index (χ2v) is 5.51. The summed E-state index contributed by atoms with van der Waals surface area (Å²) in [6.07, 6.45) is 5.59. The van der Waals surface area contributed by atoms with Gasteiger partial charge in [-0.15, -0.1) is 0 Å². The summed E-state index contributed by atoms with van der Waals surface area (Å²) in [5.74, 6) is 1.09. The Kier molecular flexibility index (Phi) is 5.75. The molecular formula is C13H27N3O. The number of hydrogen-bond donors (Lipinski definition) is 2. The molecule has 4 heteroatoms. The zero-order valence-corrected chi connectivity index (χ0v) is 11.4. The van der Waals surface area contributed by atoms with Crippen LogP contribution in [-0.4, -0.2) is 34.6 Å². The van der Waals surface area contributed by atoms with Gasteiger partial charge in [0, 0.05) is 18.5 Å². The number of nitrogens with two attached hydrogens (primary N) is 1. The van der Waals surface area contributed by atoms with Crippen molar-refractivity contribution in [2.75, 3.05) is 6.54 Å². The van der Waals surface area contributed by atoms with Gasteiger partial charge in [0.15, 0.2) is 0 Å². The maximum Gasteiger partial charge on any atom is 0.140 e. The minimum atomic E-state index is 0.354. The fourth-order valence-electron chi connectivity index (χ4n) is 2.26. The van der Waals surface area contributed by atoms with Crippen molar-refractivity contribution in [3.05, 3.63) is 0 Å².